The fourth-order valence-corrected chi connectivity index (χ4v) is 3.61. The number of hydrazine groups is 1. The molecular weight excluding hydrogens is 396 g/mol. The molecule has 3 rings (SSSR count). The predicted octanol–water partition coefficient (Wildman–Crippen LogP) is 1.28. The summed E-state index contributed by atoms with van der Waals surface area (Å²) in [7, 11) is 1.65. The normalized spacial score (nSPS) is 15.5. The van der Waals surface area contributed by atoms with Crippen molar-refractivity contribution in [1.29, 1.82) is 0 Å². The van der Waals surface area contributed by atoms with Crippen molar-refractivity contribution in [3.05, 3.63) is 28.6 Å². The zero-order valence-corrected chi connectivity index (χ0v) is 17.2. The number of nitrogens with zero attached hydrogens (tertiary/aromatic N) is 2. The molecule has 1 aromatic carbocycles. The molecule has 2 heterocycles. The van der Waals surface area contributed by atoms with Gasteiger partial charge in [-0.1, -0.05) is 0 Å². The van der Waals surface area contributed by atoms with Gasteiger partial charge in [-0.2, -0.15) is 0 Å². The maximum Gasteiger partial charge on any atom is 0.268 e. The van der Waals surface area contributed by atoms with E-state index in [0.717, 1.165) is 22.7 Å². The number of benzene rings is 1. The van der Waals surface area contributed by atoms with Gasteiger partial charge in [-0.3, -0.25) is 30.1 Å². The Hall–Kier alpha value is -2.98. The number of rotatable bonds is 6. The number of nitrogens with one attached hydrogen (secondary N) is 2. The summed E-state index contributed by atoms with van der Waals surface area (Å²) in [6.07, 6.45) is 0.00236. The van der Waals surface area contributed by atoms with Crippen molar-refractivity contribution in [2.24, 2.45) is 0 Å². The van der Waals surface area contributed by atoms with Gasteiger partial charge in [0.25, 0.3) is 11.8 Å². The Morgan fingerprint density at radius 1 is 1.34 bits per heavy atom. The largest absolute Gasteiger partial charge is 0.479 e. The first-order chi connectivity index (χ1) is 13.9. The summed E-state index contributed by atoms with van der Waals surface area (Å²) in [4.78, 5) is 41.7. The molecular formula is C19H22N4O5S. The maximum absolute atomic E-state index is 12.6. The van der Waals surface area contributed by atoms with Crippen molar-refractivity contribution in [1.82, 2.24) is 15.8 Å². The van der Waals surface area contributed by atoms with Crippen molar-refractivity contribution < 1.29 is 23.9 Å². The van der Waals surface area contributed by atoms with Gasteiger partial charge in [-0.25, -0.2) is 4.98 Å². The Morgan fingerprint density at radius 2 is 2.14 bits per heavy atom. The first-order valence-electron chi connectivity index (χ1n) is 9.00. The summed E-state index contributed by atoms with van der Waals surface area (Å²) in [5.41, 5.74) is 6.55. The monoisotopic (exact) mass is 418 g/mol. The zero-order chi connectivity index (χ0) is 21.0. The summed E-state index contributed by atoms with van der Waals surface area (Å²) in [5.74, 6) is -0.764. The second kappa shape index (κ2) is 9.01. The SMILES string of the molecule is COCCc1nc(-c2ccc3c(c2)N(CC(=O)NNC(C)=O)C(=O)C(C)O3)cs1. The number of fused-ring (bicyclic) bond motifs is 1. The van der Waals surface area contributed by atoms with Crippen LogP contribution in [0.3, 0.4) is 0 Å². The van der Waals surface area contributed by atoms with Gasteiger partial charge in [-0.15, -0.1) is 11.3 Å². The molecule has 0 saturated heterocycles. The molecule has 0 spiro atoms. The van der Waals surface area contributed by atoms with E-state index in [1.165, 1.54) is 23.2 Å². The van der Waals surface area contributed by atoms with Crippen LogP contribution in [0.15, 0.2) is 23.6 Å². The number of ether oxygens (including phenoxy) is 2. The molecule has 0 radical (unpaired) electrons. The van der Waals surface area contributed by atoms with Gasteiger partial charge in [-0.05, 0) is 25.1 Å². The molecule has 0 saturated carbocycles. The highest BCUT2D eigenvalue weighted by Gasteiger charge is 2.33. The summed E-state index contributed by atoms with van der Waals surface area (Å²) in [6, 6.07) is 5.41. The quantitative estimate of drug-likeness (QED) is 0.684. The van der Waals surface area contributed by atoms with Crippen LogP contribution in [0.2, 0.25) is 0 Å². The van der Waals surface area contributed by atoms with E-state index in [9.17, 15) is 14.4 Å². The number of carbonyl (C=O) groups excluding carboxylic acids is 3. The average Bonchev–Trinajstić information content (AvgIpc) is 3.17. The summed E-state index contributed by atoms with van der Waals surface area (Å²) < 4.78 is 10.8. The third-order valence-electron chi connectivity index (χ3n) is 4.21. The van der Waals surface area contributed by atoms with Crippen LogP contribution < -0.4 is 20.5 Å². The van der Waals surface area contributed by atoms with Crippen molar-refractivity contribution in [3.63, 3.8) is 0 Å². The number of hydrogen-bond donors (Lipinski definition) is 2. The lowest BCUT2D eigenvalue weighted by atomic mass is 10.1. The number of amides is 3. The van der Waals surface area contributed by atoms with E-state index in [1.54, 1.807) is 26.2 Å². The van der Waals surface area contributed by atoms with Gasteiger partial charge in [0.05, 0.1) is 23.0 Å². The Morgan fingerprint density at radius 3 is 2.86 bits per heavy atom. The second-order valence-electron chi connectivity index (χ2n) is 6.47. The molecule has 3 amide bonds. The smallest absolute Gasteiger partial charge is 0.268 e. The molecule has 29 heavy (non-hydrogen) atoms. The molecule has 10 heteroatoms. The van der Waals surface area contributed by atoms with Crippen LogP contribution in [0, 0.1) is 0 Å². The summed E-state index contributed by atoms with van der Waals surface area (Å²) in [5, 5.41) is 2.89. The zero-order valence-electron chi connectivity index (χ0n) is 16.4. The molecule has 2 N–H and O–H groups in total. The van der Waals surface area contributed by atoms with E-state index < -0.39 is 17.9 Å². The number of carbonyl (C=O) groups is 3. The van der Waals surface area contributed by atoms with Crippen LogP contribution in [0.1, 0.15) is 18.9 Å². The van der Waals surface area contributed by atoms with Crippen molar-refractivity contribution in [2.45, 2.75) is 26.4 Å². The van der Waals surface area contributed by atoms with Crippen LogP contribution in [-0.4, -0.2) is 49.1 Å². The number of thiazole rings is 1. The maximum atomic E-state index is 12.6. The average molecular weight is 418 g/mol. The summed E-state index contributed by atoms with van der Waals surface area (Å²) in [6.45, 7) is 3.24. The highest BCUT2D eigenvalue weighted by atomic mass is 32.1. The molecule has 1 aliphatic rings. The van der Waals surface area contributed by atoms with Crippen LogP contribution >= 0.6 is 11.3 Å². The molecule has 0 aliphatic carbocycles. The highest BCUT2D eigenvalue weighted by Crippen LogP contribution is 2.37. The standard InChI is InChI=1S/C19H22N4O5S/c1-11-19(26)23(9-17(25)22-21-12(2)24)15-8-13(4-5-16(15)28-11)14-10-29-18(20-14)6-7-27-3/h4-5,8,10-11H,6-7,9H2,1-3H3,(H,21,24)(H,22,25). The van der Waals surface area contributed by atoms with Gasteiger partial charge < -0.3 is 9.47 Å². The minimum atomic E-state index is -0.721. The number of methoxy groups -OCH3 is 1. The lowest BCUT2D eigenvalue weighted by molar-refractivity contribution is -0.129. The van der Waals surface area contributed by atoms with Crippen LogP contribution in [-0.2, 0) is 25.5 Å². The van der Waals surface area contributed by atoms with E-state index in [0.29, 0.717) is 18.0 Å². The van der Waals surface area contributed by atoms with E-state index in [4.69, 9.17) is 9.47 Å². The molecule has 0 fully saturated rings. The highest BCUT2D eigenvalue weighted by molar-refractivity contribution is 7.09. The second-order valence-corrected chi connectivity index (χ2v) is 7.41. The van der Waals surface area contributed by atoms with Crippen molar-refractivity contribution in [3.8, 4) is 17.0 Å². The Kier molecular flexibility index (Phi) is 6.45. The Balaban J connectivity index is 1.86. The minimum Gasteiger partial charge on any atom is -0.479 e. The van der Waals surface area contributed by atoms with E-state index >= 15 is 0 Å². The number of hydrogen-bond acceptors (Lipinski definition) is 7. The molecule has 2 aromatic rings. The van der Waals surface area contributed by atoms with Crippen LogP contribution in [0.5, 0.6) is 5.75 Å². The Labute approximate surface area is 172 Å². The fourth-order valence-electron chi connectivity index (χ4n) is 2.82. The van der Waals surface area contributed by atoms with Gasteiger partial charge in [0.2, 0.25) is 5.91 Å². The topological polar surface area (TPSA) is 110 Å². The van der Waals surface area contributed by atoms with Crippen LogP contribution in [0.4, 0.5) is 5.69 Å². The van der Waals surface area contributed by atoms with Crippen molar-refractivity contribution >= 4 is 34.7 Å². The van der Waals surface area contributed by atoms with Gasteiger partial charge >= 0.3 is 0 Å². The number of anilines is 1. The molecule has 0 bridgehead atoms. The van der Waals surface area contributed by atoms with Gasteiger partial charge in [0.1, 0.15) is 12.3 Å². The lowest BCUT2D eigenvalue weighted by Crippen LogP contribution is -2.51. The summed E-state index contributed by atoms with van der Waals surface area (Å²) >= 11 is 1.54. The molecule has 1 unspecified atom stereocenters. The first kappa shape index (κ1) is 20.7. The first-order valence-corrected chi connectivity index (χ1v) is 9.88. The third kappa shape index (κ3) is 4.90. The van der Waals surface area contributed by atoms with Gasteiger partial charge in [0, 0.05) is 31.4 Å². The molecule has 1 aliphatic heterocycles. The molecule has 154 valence electrons. The number of aromatic nitrogens is 1. The predicted molar refractivity (Wildman–Crippen MR) is 108 cm³/mol. The van der Waals surface area contributed by atoms with Crippen LogP contribution in [0.25, 0.3) is 11.3 Å². The fraction of sp³-hybridized carbons (Fsp3) is 0.368. The lowest BCUT2D eigenvalue weighted by Gasteiger charge is -2.32. The van der Waals surface area contributed by atoms with E-state index in [2.05, 4.69) is 15.8 Å². The Bertz CT molecular complexity index is 929. The molecule has 9 nitrogen and oxygen atoms in total. The van der Waals surface area contributed by atoms with Crippen molar-refractivity contribution in [2.75, 3.05) is 25.2 Å². The molecule has 1 aromatic heterocycles. The molecule has 1 atom stereocenters. The third-order valence-corrected chi connectivity index (χ3v) is 5.12. The minimum absolute atomic E-state index is 0.251. The van der Waals surface area contributed by atoms with Gasteiger partial charge in [0.15, 0.2) is 6.10 Å². The van der Waals surface area contributed by atoms with E-state index in [1.807, 2.05) is 11.4 Å². The van der Waals surface area contributed by atoms with E-state index in [-0.39, 0.29) is 12.5 Å².